The zero-order valence-corrected chi connectivity index (χ0v) is 9.90. The third-order valence-corrected chi connectivity index (χ3v) is 2.83. The Labute approximate surface area is 101 Å². The van der Waals surface area contributed by atoms with Crippen LogP contribution in [0.4, 0.5) is 0 Å². The third kappa shape index (κ3) is 2.76. The van der Waals surface area contributed by atoms with E-state index in [1.54, 1.807) is 7.11 Å². The summed E-state index contributed by atoms with van der Waals surface area (Å²) in [6.45, 7) is 2.02. The highest BCUT2D eigenvalue weighted by atomic mass is 16.5. The molecule has 1 unspecified atom stereocenters. The molecule has 4 nitrogen and oxygen atoms in total. The fourth-order valence-electron chi connectivity index (χ4n) is 1.93. The van der Waals surface area contributed by atoms with Crippen molar-refractivity contribution in [2.24, 2.45) is 0 Å². The Morgan fingerprint density at radius 1 is 1.59 bits per heavy atom. The van der Waals surface area contributed by atoms with E-state index in [1.807, 2.05) is 12.1 Å². The highest BCUT2D eigenvalue weighted by molar-refractivity contribution is 5.41. The molecular formula is C13H16N2O2. The van der Waals surface area contributed by atoms with Crippen LogP contribution in [0.25, 0.3) is 0 Å². The lowest BCUT2D eigenvalue weighted by Gasteiger charge is -2.12. The molecule has 0 aliphatic carbocycles. The molecule has 90 valence electrons. The maximum absolute atomic E-state index is 9.14. The molecule has 2 rings (SSSR count). The number of hydrogen-bond acceptors (Lipinski definition) is 4. The van der Waals surface area contributed by atoms with Crippen LogP contribution in [0.2, 0.25) is 0 Å². The summed E-state index contributed by atoms with van der Waals surface area (Å²) < 4.78 is 10.4. The molecule has 0 aromatic heterocycles. The highest BCUT2D eigenvalue weighted by Crippen LogP contribution is 2.27. The van der Waals surface area contributed by atoms with Crippen molar-refractivity contribution in [2.45, 2.75) is 12.5 Å². The van der Waals surface area contributed by atoms with Gasteiger partial charge in [-0.1, -0.05) is 6.07 Å². The van der Waals surface area contributed by atoms with Crippen LogP contribution in [0.3, 0.4) is 0 Å². The summed E-state index contributed by atoms with van der Waals surface area (Å²) >= 11 is 0. The molecule has 0 saturated heterocycles. The van der Waals surface area contributed by atoms with Gasteiger partial charge in [0.2, 0.25) is 0 Å². The van der Waals surface area contributed by atoms with E-state index in [2.05, 4.69) is 17.5 Å². The van der Waals surface area contributed by atoms with E-state index in [1.165, 1.54) is 5.56 Å². The number of benzene rings is 1. The first-order chi connectivity index (χ1) is 8.35. The molecule has 1 N–H and O–H groups in total. The van der Waals surface area contributed by atoms with Gasteiger partial charge in [0, 0.05) is 20.1 Å². The van der Waals surface area contributed by atoms with E-state index >= 15 is 0 Å². The number of ether oxygens (including phenoxy) is 2. The van der Waals surface area contributed by atoms with Crippen LogP contribution < -0.4 is 10.1 Å². The number of nitrogens with one attached hydrogen (secondary N) is 1. The zero-order valence-electron chi connectivity index (χ0n) is 9.90. The van der Waals surface area contributed by atoms with Crippen molar-refractivity contribution >= 4 is 0 Å². The topological polar surface area (TPSA) is 54.3 Å². The Morgan fingerprint density at radius 3 is 3.24 bits per heavy atom. The van der Waals surface area contributed by atoms with E-state index in [0.29, 0.717) is 13.2 Å². The van der Waals surface area contributed by atoms with Crippen LogP contribution >= 0.6 is 0 Å². The minimum absolute atomic E-state index is 0.281. The molecular weight excluding hydrogens is 216 g/mol. The molecule has 0 fully saturated rings. The summed E-state index contributed by atoms with van der Waals surface area (Å²) in [4.78, 5) is 0. The zero-order chi connectivity index (χ0) is 12.1. The van der Waals surface area contributed by atoms with Gasteiger partial charge >= 0.3 is 0 Å². The first-order valence-electron chi connectivity index (χ1n) is 5.72. The van der Waals surface area contributed by atoms with E-state index in [0.717, 1.165) is 24.3 Å². The quantitative estimate of drug-likeness (QED) is 0.780. The van der Waals surface area contributed by atoms with Crippen molar-refractivity contribution < 1.29 is 9.47 Å². The number of nitriles is 1. The minimum Gasteiger partial charge on any atom is -0.493 e. The van der Waals surface area contributed by atoms with Gasteiger partial charge in [-0.25, -0.2) is 0 Å². The summed E-state index contributed by atoms with van der Waals surface area (Å²) in [5, 5.41) is 12.3. The number of fused-ring (bicyclic) bond motifs is 1. The van der Waals surface area contributed by atoms with Crippen molar-refractivity contribution in [3.05, 3.63) is 29.3 Å². The van der Waals surface area contributed by atoms with E-state index < -0.39 is 0 Å². The average Bonchev–Trinajstić information content (AvgIpc) is 2.82. The second kappa shape index (κ2) is 5.67. The molecule has 4 heteroatoms. The Hall–Kier alpha value is -1.57. The SMILES string of the molecule is COCCNC(C#N)c1ccc2c(c1)CCO2. The molecule has 0 amide bonds. The fraction of sp³-hybridized carbons (Fsp3) is 0.462. The van der Waals surface area contributed by atoms with Crippen molar-refractivity contribution in [1.29, 1.82) is 5.26 Å². The molecule has 1 atom stereocenters. The molecule has 1 heterocycles. The molecule has 0 bridgehead atoms. The van der Waals surface area contributed by atoms with Gasteiger partial charge in [0.05, 0.1) is 19.3 Å². The average molecular weight is 232 g/mol. The second-order valence-electron chi connectivity index (χ2n) is 3.97. The first kappa shape index (κ1) is 11.9. The van der Waals surface area contributed by atoms with Gasteiger partial charge in [-0.05, 0) is 23.3 Å². The molecule has 1 aromatic rings. The summed E-state index contributed by atoms with van der Waals surface area (Å²) in [5.41, 5.74) is 2.18. The van der Waals surface area contributed by atoms with Crippen LogP contribution in [0.5, 0.6) is 5.75 Å². The molecule has 0 radical (unpaired) electrons. The highest BCUT2D eigenvalue weighted by Gasteiger charge is 2.16. The first-order valence-corrected chi connectivity index (χ1v) is 5.72. The van der Waals surface area contributed by atoms with Gasteiger partial charge in [0.1, 0.15) is 11.8 Å². The summed E-state index contributed by atoms with van der Waals surface area (Å²) in [6, 6.07) is 7.92. The van der Waals surface area contributed by atoms with E-state index in [-0.39, 0.29) is 6.04 Å². The standard InChI is InChI=1S/C13H16N2O2/c1-16-7-5-15-12(9-14)10-2-3-13-11(8-10)4-6-17-13/h2-3,8,12,15H,4-7H2,1H3. The summed E-state index contributed by atoms with van der Waals surface area (Å²) in [5.74, 6) is 0.947. The van der Waals surface area contributed by atoms with Crippen molar-refractivity contribution in [3.63, 3.8) is 0 Å². The molecule has 0 spiro atoms. The van der Waals surface area contributed by atoms with Gasteiger partial charge in [-0.3, -0.25) is 5.32 Å². The Balaban J connectivity index is 2.07. The van der Waals surface area contributed by atoms with Gasteiger partial charge in [0.25, 0.3) is 0 Å². The maximum atomic E-state index is 9.14. The number of rotatable bonds is 5. The third-order valence-electron chi connectivity index (χ3n) is 2.83. The smallest absolute Gasteiger partial charge is 0.122 e. The predicted molar refractivity (Wildman–Crippen MR) is 63.9 cm³/mol. The van der Waals surface area contributed by atoms with Crippen molar-refractivity contribution in [3.8, 4) is 11.8 Å². The predicted octanol–water partition coefficient (Wildman–Crippen LogP) is 1.42. The van der Waals surface area contributed by atoms with Crippen LogP contribution in [0, 0.1) is 11.3 Å². The Bertz CT molecular complexity index is 426. The fourth-order valence-corrected chi connectivity index (χ4v) is 1.93. The molecule has 1 aromatic carbocycles. The van der Waals surface area contributed by atoms with Crippen molar-refractivity contribution in [2.75, 3.05) is 26.9 Å². The maximum Gasteiger partial charge on any atom is 0.122 e. The van der Waals surface area contributed by atoms with Crippen LogP contribution in [0.1, 0.15) is 17.2 Å². The second-order valence-corrected chi connectivity index (χ2v) is 3.97. The largest absolute Gasteiger partial charge is 0.493 e. The summed E-state index contributed by atoms with van der Waals surface area (Å²) in [7, 11) is 1.65. The number of nitrogens with zero attached hydrogens (tertiary/aromatic N) is 1. The minimum atomic E-state index is -0.281. The molecule has 1 aliphatic heterocycles. The lowest BCUT2D eigenvalue weighted by Crippen LogP contribution is -2.24. The van der Waals surface area contributed by atoms with Gasteiger partial charge in [-0.15, -0.1) is 0 Å². The number of methoxy groups -OCH3 is 1. The monoisotopic (exact) mass is 232 g/mol. The Morgan fingerprint density at radius 2 is 2.47 bits per heavy atom. The normalized spacial score (nSPS) is 14.8. The van der Waals surface area contributed by atoms with Crippen LogP contribution in [-0.4, -0.2) is 26.9 Å². The molecule has 0 saturated carbocycles. The molecule has 17 heavy (non-hydrogen) atoms. The Kier molecular flexibility index (Phi) is 3.97. The van der Waals surface area contributed by atoms with Crippen molar-refractivity contribution in [1.82, 2.24) is 5.32 Å². The van der Waals surface area contributed by atoms with Gasteiger partial charge < -0.3 is 9.47 Å². The van der Waals surface area contributed by atoms with Crippen LogP contribution in [0.15, 0.2) is 18.2 Å². The lowest BCUT2D eigenvalue weighted by molar-refractivity contribution is 0.198. The number of hydrogen-bond donors (Lipinski definition) is 1. The van der Waals surface area contributed by atoms with E-state index in [4.69, 9.17) is 14.7 Å². The summed E-state index contributed by atoms with van der Waals surface area (Å²) in [6.07, 6.45) is 0.930. The van der Waals surface area contributed by atoms with Gasteiger partial charge in [-0.2, -0.15) is 5.26 Å². The van der Waals surface area contributed by atoms with Gasteiger partial charge in [0.15, 0.2) is 0 Å². The lowest BCUT2D eigenvalue weighted by atomic mass is 10.0. The molecule has 1 aliphatic rings. The van der Waals surface area contributed by atoms with Crippen LogP contribution in [-0.2, 0) is 11.2 Å². The van der Waals surface area contributed by atoms with E-state index in [9.17, 15) is 0 Å².